The molecule has 1 fully saturated rings. The Bertz CT molecular complexity index is 1090. The van der Waals surface area contributed by atoms with Gasteiger partial charge in [0.05, 0.1) is 0 Å². The van der Waals surface area contributed by atoms with E-state index in [1.165, 1.54) is 0 Å². The highest BCUT2D eigenvalue weighted by Gasteiger charge is 2.47. The van der Waals surface area contributed by atoms with Gasteiger partial charge in [0.15, 0.2) is 6.04 Å². The van der Waals surface area contributed by atoms with Crippen LogP contribution in [-0.4, -0.2) is 28.8 Å². The van der Waals surface area contributed by atoms with Gasteiger partial charge in [-0.2, -0.15) is 0 Å². The van der Waals surface area contributed by atoms with Crippen molar-refractivity contribution in [2.75, 3.05) is 0 Å². The number of hydrogen-bond donors (Lipinski definition) is 2. The Labute approximate surface area is 180 Å². The third-order valence-electron chi connectivity index (χ3n) is 5.04. The average molecular weight is 419 g/mol. The molecule has 0 unspecified atom stereocenters. The van der Waals surface area contributed by atoms with E-state index >= 15 is 0 Å². The van der Waals surface area contributed by atoms with Crippen molar-refractivity contribution < 1.29 is 14.3 Å². The number of amides is 2. The van der Waals surface area contributed by atoms with Crippen LogP contribution >= 0.6 is 11.6 Å². The molecule has 2 atom stereocenters. The predicted molar refractivity (Wildman–Crippen MR) is 117 cm³/mol. The van der Waals surface area contributed by atoms with Gasteiger partial charge in [-0.1, -0.05) is 59.6 Å². The summed E-state index contributed by atoms with van der Waals surface area (Å²) in [5.41, 5.74) is 6.31. The number of nitrogens with one attached hydrogen (secondary N) is 2. The van der Waals surface area contributed by atoms with Gasteiger partial charge in [-0.05, 0) is 43.3 Å². The highest BCUT2D eigenvalue weighted by atomic mass is 35.5. The molecule has 150 valence electrons. The van der Waals surface area contributed by atoms with Crippen molar-refractivity contribution in [2.24, 2.45) is 0 Å². The van der Waals surface area contributed by atoms with Crippen molar-refractivity contribution in [3.05, 3.63) is 106 Å². The van der Waals surface area contributed by atoms with Gasteiger partial charge >= 0.3 is 5.91 Å². The number of carbonyl (C=O) groups is 2. The Morgan fingerprint density at radius 3 is 2.33 bits per heavy atom. The highest BCUT2D eigenvalue weighted by Crippen LogP contribution is 2.26. The molecule has 0 radical (unpaired) electrons. The first-order valence-corrected chi connectivity index (χ1v) is 10.0. The summed E-state index contributed by atoms with van der Waals surface area (Å²) in [7, 11) is 0. The van der Waals surface area contributed by atoms with Crippen LogP contribution in [0.15, 0.2) is 78.9 Å². The molecule has 3 aromatic carbocycles. The molecule has 2 N–H and O–H groups in total. The van der Waals surface area contributed by atoms with Crippen molar-refractivity contribution in [3.8, 4) is 0 Å². The van der Waals surface area contributed by atoms with E-state index in [1.54, 1.807) is 41.1 Å². The second kappa shape index (κ2) is 8.51. The number of carbonyl (C=O) groups excluding carboxylic acids is 2. The van der Waals surface area contributed by atoms with Crippen LogP contribution in [0.25, 0.3) is 0 Å². The molecule has 5 nitrogen and oxygen atoms in total. The molecule has 4 rings (SSSR count). The van der Waals surface area contributed by atoms with Crippen LogP contribution in [-0.2, 0) is 4.79 Å². The van der Waals surface area contributed by atoms with Crippen molar-refractivity contribution in [2.45, 2.75) is 19.0 Å². The normalized spacial score (nSPS) is 19.5. The number of hydrazine groups is 1. The van der Waals surface area contributed by atoms with E-state index in [4.69, 9.17) is 11.6 Å². The smallest absolute Gasteiger partial charge is 0.304 e. The Hall–Kier alpha value is -3.44. The molecule has 1 aliphatic heterocycles. The number of nitrogens with zero attached hydrogens (tertiary/aromatic N) is 1. The topological polar surface area (TPSA) is 61.2 Å². The van der Waals surface area contributed by atoms with Crippen LogP contribution in [0.1, 0.15) is 33.1 Å². The molecule has 1 aliphatic rings. The Morgan fingerprint density at radius 2 is 1.67 bits per heavy atom. The van der Waals surface area contributed by atoms with Gasteiger partial charge in [0, 0.05) is 21.7 Å². The lowest BCUT2D eigenvalue weighted by Gasteiger charge is -2.15. The molecule has 3 aromatic rings. The van der Waals surface area contributed by atoms with Crippen LogP contribution in [0.3, 0.4) is 0 Å². The van der Waals surface area contributed by atoms with Gasteiger partial charge in [0.1, 0.15) is 0 Å². The summed E-state index contributed by atoms with van der Waals surface area (Å²) in [5, 5.41) is 3.54. The summed E-state index contributed by atoms with van der Waals surface area (Å²) >= 11 is 5.98. The zero-order valence-corrected chi connectivity index (χ0v) is 17.1. The average Bonchev–Trinajstić information content (AvgIpc) is 3.05. The van der Waals surface area contributed by atoms with Crippen LogP contribution in [0.2, 0.25) is 5.02 Å². The molecular formula is C24H21ClN3O2+. The quantitative estimate of drug-likeness (QED) is 0.635. The lowest BCUT2D eigenvalue weighted by molar-refractivity contribution is -0.596. The molecule has 2 amide bonds. The van der Waals surface area contributed by atoms with Gasteiger partial charge in [0.2, 0.25) is 12.3 Å². The van der Waals surface area contributed by atoms with E-state index in [2.05, 4.69) is 10.7 Å². The van der Waals surface area contributed by atoms with Gasteiger partial charge in [0.25, 0.3) is 5.91 Å². The van der Waals surface area contributed by atoms with Crippen LogP contribution < -0.4 is 10.7 Å². The standard InChI is InChI=1S/C24H20ClN3O2/c1-16-7-11-18(12-8-16)22-21(26-23(29)19-5-3-2-4-6-19)24(30)27-28(22)15-17-9-13-20(25)14-10-17/h2-15,21-22H,1H3,(H-,26,27,29,30)/p+1/b28-15-/t21-,22-/m0/s1. The maximum absolute atomic E-state index is 12.8. The first kappa shape index (κ1) is 19.9. The summed E-state index contributed by atoms with van der Waals surface area (Å²) in [5.74, 6) is -0.559. The Morgan fingerprint density at radius 1 is 1.00 bits per heavy atom. The second-order valence-electron chi connectivity index (χ2n) is 7.24. The molecule has 30 heavy (non-hydrogen) atoms. The first-order valence-electron chi connectivity index (χ1n) is 9.63. The number of rotatable bonds is 4. The van der Waals surface area contributed by atoms with Gasteiger partial charge < -0.3 is 5.32 Å². The minimum Gasteiger partial charge on any atom is -0.334 e. The minimum absolute atomic E-state index is 0.268. The third-order valence-corrected chi connectivity index (χ3v) is 5.29. The molecule has 0 saturated carbocycles. The molecule has 1 heterocycles. The number of benzene rings is 3. The van der Waals surface area contributed by atoms with Crippen molar-refractivity contribution in [1.82, 2.24) is 10.7 Å². The Kier molecular flexibility index (Phi) is 5.63. The second-order valence-corrected chi connectivity index (χ2v) is 7.67. The molecule has 0 spiro atoms. The summed E-state index contributed by atoms with van der Waals surface area (Å²) in [6.45, 7) is 2.01. The number of aryl methyl sites for hydroxylation is 1. The fraction of sp³-hybridized carbons (Fsp3) is 0.125. The van der Waals surface area contributed by atoms with E-state index in [0.717, 1.165) is 16.7 Å². The Balaban J connectivity index is 1.70. The summed E-state index contributed by atoms with van der Waals surface area (Å²) < 4.78 is 1.74. The lowest BCUT2D eigenvalue weighted by atomic mass is 9.98. The number of hydrogen-bond acceptors (Lipinski definition) is 2. The number of hydrazone groups is 1. The molecule has 1 saturated heterocycles. The SMILES string of the molecule is Cc1ccc([C@H]2[C@H](NC(=O)c3ccccc3)C(=O)N/[N+]2=C\c2ccc(Cl)cc2)cc1. The van der Waals surface area contributed by atoms with E-state index in [-0.39, 0.29) is 11.8 Å². The largest absolute Gasteiger partial charge is 0.334 e. The molecule has 0 aliphatic carbocycles. The van der Waals surface area contributed by atoms with Crippen LogP contribution in [0.5, 0.6) is 0 Å². The van der Waals surface area contributed by atoms with Gasteiger partial charge in [-0.3, -0.25) is 9.59 Å². The van der Waals surface area contributed by atoms with Crippen molar-refractivity contribution >= 4 is 29.6 Å². The zero-order valence-electron chi connectivity index (χ0n) is 16.4. The van der Waals surface area contributed by atoms with E-state index < -0.39 is 12.1 Å². The zero-order chi connectivity index (χ0) is 21.1. The maximum Gasteiger partial charge on any atom is 0.304 e. The van der Waals surface area contributed by atoms with E-state index in [0.29, 0.717) is 10.6 Å². The molecule has 0 bridgehead atoms. The third kappa shape index (κ3) is 4.26. The highest BCUT2D eigenvalue weighted by molar-refractivity contribution is 6.30. The van der Waals surface area contributed by atoms with Gasteiger partial charge in [-0.15, -0.1) is 10.1 Å². The summed E-state index contributed by atoms with van der Waals surface area (Å²) in [4.78, 5) is 25.6. The first-order chi connectivity index (χ1) is 14.5. The minimum atomic E-state index is -0.746. The maximum atomic E-state index is 12.8. The van der Waals surface area contributed by atoms with Crippen molar-refractivity contribution in [1.29, 1.82) is 0 Å². The summed E-state index contributed by atoms with van der Waals surface area (Å²) in [6.07, 6.45) is 1.84. The fourth-order valence-electron chi connectivity index (χ4n) is 3.47. The van der Waals surface area contributed by atoms with Crippen molar-refractivity contribution in [3.63, 3.8) is 0 Å². The number of halogens is 1. The molecule has 0 aromatic heterocycles. The lowest BCUT2D eigenvalue weighted by Crippen LogP contribution is -2.42. The summed E-state index contributed by atoms with van der Waals surface area (Å²) in [6, 6.07) is 23.0. The van der Waals surface area contributed by atoms with Crippen LogP contribution in [0.4, 0.5) is 0 Å². The van der Waals surface area contributed by atoms with Gasteiger partial charge in [-0.25, -0.2) is 0 Å². The van der Waals surface area contributed by atoms with Crippen LogP contribution in [0, 0.1) is 6.92 Å². The monoisotopic (exact) mass is 418 g/mol. The fourth-order valence-corrected chi connectivity index (χ4v) is 3.59. The van der Waals surface area contributed by atoms with E-state index in [9.17, 15) is 9.59 Å². The predicted octanol–water partition coefficient (Wildman–Crippen LogP) is 3.66. The molecule has 6 heteroatoms. The van der Waals surface area contributed by atoms with E-state index in [1.807, 2.05) is 55.6 Å². The molecular weight excluding hydrogens is 398 g/mol.